The summed E-state index contributed by atoms with van der Waals surface area (Å²) in [7, 11) is 0. The Balaban J connectivity index is 2.23. The van der Waals surface area contributed by atoms with E-state index in [1.807, 2.05) is 54.6 Å². The third kappa shape index (κ3) is 1.48. The fourth-order valence-electron chi connectivity index (χ4n) is 2.55. The smallest absolute Gasteiger partial charge is 0.274 e. The summed E-state index contributed by atoms with van der Waals surface area (Å²) in [6.45, 7) is 0. The maximum atomic E-state index is 12.1. The van der Waals surface area contributed by atoms with Gasteiger partial charge in [0.2, 0.25) is 0 Å². The van der Waals surface area contributed by atoms with E-state index in [1.165, 1.54) is 0 Å². The summed E-state index contributed by atoms with van der Waals surface area (Å²) in [5, 5.41) is 7.17. The first-order valence-electron chi connectivity index (χ1n) is 6.39. The van der Waals surface area contributed by atoms with Gasteiger partial charge in [0.1, 0.15) is 0 Å². The van der Waals surface area contributed by atoms with Crippen LogP contribution in [0.15, 0.2) is 59.4 Å². The number of hydrogen-bond acceptors (Lipinski definition) is 2. The zero-order chi connectivity index (χ0) is 13.5. The Labute approximate surface area is 114 Å². The molecule has 2 aromatic heterocycles. The highest BCUT2D eigenvalue weighted by Gasteiger charge is 2.14. The van der Waals surface area contributed by atoms with Gasteiger partial charge in [-0.15, -0.1) is 0 Å². The molecule has 96 valence electrons. The van der Waals surface area contributed by atoms with Crippen molar-refractivity contribution in [2.24, 2.45) is 0 Å². The van der Waals surface area contributed by atoms with Crippen molar-refractivity contribution in [1.82, 2.24) is 15.2 Å². The molecule has 0 bridgehead atoms. The predicted octanol–water partition coefficient (Wildman–Crippen LogP) is 3.07. The van der Waals surface area contributed by atoms with Gasteiger partial charge in [0.25, 0.3) is 5.56 Å². The second kappa shape index (κ2) is 4.06. The molecule has 0 amide bonds. The van der Waals surface area contributed by atoms with Crippen molar-refractivity contribution in [2.45, 2.75) is 0 Å². The van der Waals surface area contributed by atoms with Crippen molar-refractivity contribution in [3.8, 4) is 11.3 Å². The van der Waals surface area contributed by atoms with Crippen molar-refractivity contribution < 1.29 is 0 Å². The third-order valence-electron chi connectivity index (χ3n) is 3.47. The standard InChI is InChI=1S/C16H11N3O/c20-16-13-14(10-6-2-1-3-7-10)17-12-9-5-4-8-11(12)15(13)18-19-16/h1-9H,(H2,18,19,20). The van der Waals surface area contributed by atoms with E-state index in [0.29, 0.717) is 11.1 Å². The fraction of sp³-hybridized carbons (Fsp3) is 0. The number of nitrogens with zero attached hydrogens (tertiary/aromatic N) is 1. The lowest BCUT2D eigenvalue weighted by Crippen LogP contribution is -2.00. The summed E-state index contributed by atoms with van der Waals surface area (Å²) in [5.41, 5.74) is 3.18. The summed E-state index contributed by atoms with van der Waals surface area (Å²) < 4.78 is 0. The highest BCUT2D eigenvalue weighted by Crippen LogP contribution is 2.28. The molecule has 0 radical (unpaired) electrons. The molecule has 0 saturated carbocycles. The summed E-state index contributed by atoms with van der Waals surface area (Å²) in [6.07, 6.45) is 0. The summed E-state index contributed by atoms with van der Waals surface area (Å²) >= 11 is 0. The normalized spacial score (nSPS) is 11.2. The zero-order valence-corrected chi connectivity index (χ0v) is 10.6. The number of rotatable bonds is 1. The molecule has 2 aromatic carbocycles. The van der Waals surface area contributed by atoms with Crippen LogP contribution in [0.25, 0.3) is 33.1 Å². The van der Waals surface area contributed by atoms with Crippen molar-refractivity contribution in [2.75, 3.05) is 0 Å². The number of pyridine rings is 1. The van der Waals surface area contributed by atoms with E-state index >= 15 is 0 Å². The molecule has 4 heteroatoms. The van der Waals surface area contributed by atoms with Crippen molar-refractivity contribution in [1.29, 1.82) is 0 Å². The van der Waals surface area contributed by atoms with Crippen LogP contribution in [0, 0.1) is 0 Å². The molecular weight excluding hydrogens is 250 g/mol. The molecule has 0 atom stereocenters. The maximum Gasteiger partial charge on any atom is 0.274 e. The minimum absolute atomic E-state index is 0.142. The van der Waals surface area contributed by atoms with E-state index in [0.717, 1.165) is 22.0 Å². The summed E-state index contributed by atoms with van der Waals surface area (Å²) in [4.78, 5) is 16.8. The van der Waals surface area contributed by atoms with Crippen molar-refractivity contribution in [3.63, 3.8) is 0 Å². The van der Waals surface area contributed by atoms with Crippen LogP contribution in [0.4, 0.5) is 0 Å². The molecule has 2 N–H and O–H groups in total. The summed E-state index contributed by atoms with van der Waals surface area (Å²) in [5.74, 6) is 0. The monoisotopic (exact) mass is 261 g/mol. The van der Waals surface area contributed by atoms with Gasteiger partial charge < -0.3 is 0 Å². The minimum atomic E-state index is -0.142. The molecule has 0 spiro atoms. The molecule has 4 aromatic rings. The maximum absolute atomic E-state index is 12.1. The Morgan fingerprint density at radius 3 is 2.45 bits per heavy atom. The molecule has 4 nitrogen and oxygen atoms in total. The van der Waals surface area contributed by atoms with E-state index in [-0.39, 0.29) is 5.56 Å². The van der Waals surface area contributed by atoms with Gasteiger partial charge in [-0.2, -0.15) is 0 Å². The van der Waals surface area contributed by atoms with Gasteiger partial charge in [-0.1, -0.05) is 48.5 Å². The first-order valence-corrected chi connectivity index (χ1v) is 6.39. The molecular formula is C16H11N3O. The van der Waals surface area contributed by atoms with Gasteiger partial charge in [0.15, 0.2) is 0 Å². The van der Waals surface area contributed by atoms with Crippen LogP contribution in [0.3, 0.4) is 0 Å². The van der Waals surface area contributed by atoms with Crippen LogP contribution >= 0.6 is 0 Å². The number of nitrogens with one attached hydrogen (secondary N) is 2. The van der Waals surface area contributed by atoms with Gasteiger partial charge in [-0.05, 0) is 6.07 Å². The van der Waals surface area contributed by atoms with Gasteiger partial charge >= 0.3 is 0 Å². The van der Waals surface area contributed by atoms with E-state index in [1.54, 1.807) is 0 Å². The van der Waals surface area contributed by atoms with Gasteiger partial charge in [-0.25, -0.2) is 4.98 Å². The molecule has 0 aliphatic heterocycles. The van der Waals surface area contributed by atoms with E-state index < -0.39 is 0 Å². The Morgan fingerprint density at radius 1 is 0.850 bits per heavy atom. The molecule has 2 heterocycles. The Bertz CT molecular complexity index is 967. The van der Waals surface area contributed by atoms with Crippen molar-refractivity contribution in [3.05, 3.63) is 65.0 Å². The Hall–Kier alpha value is -2.88. The number of benzene rings is 2. The third-order valence-corrected chi connectivity index (χ3v) is 3.47. The number of H-pyrrole nitrogens is 2. The number of para-hydroxylation sites is 1. The molecule has 0 aliphatic rings. The first kappa shape index (κ1) is 11.0. The van der Waals surface area contributed by atoms with Gasteiger partial charge in [0, 0.05) is 10.9 Å². The molecule has 0 unspecified atom stereocenters. The van der Waals surface area contributed by atoms with E-state index in [2.05, 4.69) is 15.2 Å². The molecule has 4 rings (SSSR count). The van der Waals surface area contributed by atoms with E-state index in [4.69, 9.17) is 0 Å². The molecule has 20 heavy (non-hydrogen) atoms. The number of fused-ring (bicyclic) bond motifs is 3. The lowest BCUT2D eigenvalue weighted by atomic mass is 10.1. The van der Waals surface area contributed by atoms with Crippen LogP contribution in [-0.2, 0) is 0 Å². The number of hydrogen-bond donors (Lipinski definition) is 2. The van der Waals surface area contributed by atoms with Crippen LogP contribution < -0.4 is 5.56 Å². The second-order valence-corrected chi connectivity index (χ2v) is 4.67. The van der Waals surface area contributed by atoms with E-state index in [9.17, 15) is 4.79 Å². The summed E-state index contributed by atoms with van der Waals surface area (Å²) in [6, 6.07) is 17.6. The highest BCUT2D eigenvalue weighted by molar-refractivity contribution is 6.08. The van der Waals surface area contributed by atoms with Crippen LogP contribution in [0.1, 0.15) is 0 Å². The first-order chi connectivity index (χ1) is 9.84. The fourth-order valence-corrected chi connectivity index (χ4v) is 2.55. The number of aromatic nitrogens is 3. The quantitative estimate of drug-likeness (QED) is 0.553. The molecule has 0 fully saturated rings. The van der Waals surface area contributed by atoms with Gasteiger partial charge in [0.05, 0.1) is 22.1 Å². The van der Waals surface area contributed by atoms with Crippen LogP contribution in [0.2, 0.25) is 0 Å². The van der Waals surface area contributed by atoms with Gasteiger partial charge in [-0.3, -0.25) is 15.0 Å². The zero-order valence-electron chi connectivity index (χ0n) is 10.6. The average molecular weight is 261 g/mol. The second-order valence-electron chi connectivity index (χ2n) is 4.67. The van der Waals surface area contributed by atoms with Crippen LogP contribution in [-0.4, -0.2) is 15.2 Å². The lowest BCUT2D eigenvalue weighted by Gasteiger charge is -2.05. The Morgan fingerprint density at radius 2 is 1.60 bits per heavy atom. The highest BCUT2D eigenvalue weighted by atomic mass is 16.1. The Kier molecular flexibility index (Phi) is 2.23. The topological polar surface area (TPSA) is 61.5 Å². The predicted molar refractivity (Wildman–Crippen MR) is 79.7 cm³/mol. The SMILES string of the molecule is O=c1[nH][nH]c2c1c(-c1ccccc1)nc1ccccc12. The average Bonchev–Trinajstić information content (AvgIpc) is 2.90. The van der Waals surface area contributed by atoms with Crippen molar-refractivity contribution >= 4 is 21.8 Å². The lowest BCUT2D eigenvalue weighted by molar-refractivity contribution is 1.08. The largest absolute Gasteiger partial charge is 0.297 e. The number of aromatic amines is 2. The minimum Gasteiger partial charge on any atom is -0.297 e. The molecule has 0 saturated heterocycles. The molecule has 0 aliphatic carbocycles. The van der Waals surface area contributed by atoms with Crippen LogP contribution in [0.5, 0.6) is 0 Å².